The van der Waals surface area contributed by atoms with Crippen LogP contribution in [0.5, 0.6) is 0 Å². The summed E-state index contributed by atoms with van der Waals surface area (Å²) in [6, 6.07) is 13.1. The van der Waals surface area contributed by atoms with Gasteiger partial charge >= 0.3 is 0 Å². The number of hydrogen-bond donors (Lipinski definition) is 2. The molecular formula is C16H15N3O2. The van der Waals surface area contributed by atoms with Crippen LogP contribution in [0.15, 0.2) is 42.5 Å². The molecule has 2 aromatic rings. The normalized spacial score (nSPS) is 12.7. The monoisotopic (exact) mass is 281 g/mol. The SMILES string of the molecule is O=C(CCc1ccc2c(n1)C(=O)NC2)Nc1ccccc1. The fourth-order valence-corrected chi connectivity index (χ4v) is 2.25. The molecule has 0 spiro atoms. The lowest BCUT2D eigenvalue weighted by molar-refractivity contribution is -0.116. The van der Waals surface area contributed by atoms with Crippen LogP contribution in [-0.4, -0.2) is 16.8 Å². The van der Waals surface area contributed by atoms with Gasteiger partial charge in [0.25, 0.3) is 5.91 Å². The molecule has 0 aliphatic carbocycles. The molecule has 1 aliphatic rings. The number of aryl methyl sites for hydroxylation is 1. The number of carbonyl (C=O) groups excluding carboxylic acids is 2. The Hall–Kier alpha value is -2.69. The molecule has 5 nitrogen and oxygen atoms in total. The van der Waals surface area contributed by atoms with E-state index in [1.54, 1.807) is 0 Å². The van der Waals surface area contributed by atoms with Crippen molar-refractivity contribution in [2.75, 3.05) is 5.32 Å². The molecule has 2 N–H and O–H groups in total. The van der Waals surface area contributed by atoms with Crippen molar-refractivity contribution in [2.45, 2.75) is 19.4 Å². The highest BCUT2D eigenvalue weighted by Gasteiger charge is 2.20. The molecule has 1 aromatic carbocycles. The van der Waals surface area contributed by atoms with Crippen LogP contribution in [0.2, 0.25) is 0 Å². The number of pyridine rings is 1. The van der Waals surface area contributed by atoms with Gasteiger partial charge in [0.2, 0.25) is 5.91 Å². The van der Waals surface area contributed by atoms with Crippen LogP contribution < -0.4 is 10.6 Å². The van der Waals surface area contributed by atoms with Crippen LogP contribution in [0, 0.1) is 0 Å². The summed E-state index contributed by atoms with van der Waals surface area (Å²) in [7, 11) is 0. The molecular weight excluding hydrogens is 266 g/mol. The lowest BCUT2D eigenvalue weighted by atomic mass is 10.1. The summed E-state index contributed by atoms with van der Waals surface area (Å²) < 4.78 is 0. The first-order valence-corrected chi connectivity index (χ1v) is 6.84. The summed E-state index contributed by atoms with van der Waals surface area (Å²) in [6.07, 6.45) is 0.849. The quantitative estimate of drug-likeness (QED) is 0.899. The van der Waals surface area contributed by atoms with Crippen molar-refractivity contribution in [3.05, 3.63) is 59.4 Å². The molecule has 0 unspecified atom stereocenters. The number of carbonyl (C=O) groups is 2. The number of nitrogens with zero attached hydrogens (tertiary/aromatic N) is 1. The average molecular weight is 281 g/mol. The van der Waals surface area contributed by atoms with E-state index in [9.17, 15) is 9.59 Å². The number of nitrogens with one attached hydrogen (secondary N) is 2. The van der Waals surface area contributed by atoms with Crippen molar-refractivity contribution in [3.63, 3.8) is 0 Å². The number of benzene rings is 1. The lowest BCUT2D eigenvalue weighted by Crippen LogP contribution is -2.14. The fraction of sp³-hybridized carbons (Fsp3) is 0.188. The van der Waals surface area contributed by atoms with Gasteiger partial charge in [-0.1, -0.05) is 24.3 Å². The van der Waals surface area contributed by atoms with Crippen LogP contribution in [0.3, 0.4) is 0 Å². The maximum atomic E-state index is 11.9. The second kappa shape index (κ2) is 5.75. The maximum absolute atomic E-state index is 11.9. The van der Waals surface area contributed by atoms with E-state index in [1.807, 2.05) is 42.5 Å². The Bertz CT molecular complexity index is 683. The zero-order valence-electron chi connectivity index (χ0n) is 11.4. The Labute approximate surface area is 122 Å². The van der Waals surface area contributed by atoms with Crippen molar-refractivity contribution in [3.8, 4) is 0 Å². The topological polar surface area (TPSA) is 71.1 Å². The van der Waals surface area contributed by atoms with Gasteiger partial charge in [-0.15, -0.1) is 0 Å². The maximum Gasteiger partial charge on any atom is 0.270 e. The van der Waals surface area contributed by atoms with Crippen LogP contribution >= 0.6 is 0 Å². The third kappa shape index (κ3) is 3.08. The Kier molecular flexibility index (Phi) is 3.64. The van der Waals surface area contributed by atoms with Gasteiger partial charge in [0.1, 0.15) is 5.69 Å². The third-order valence-electron chi connectivity index (χ3n) is 3.36. The summed E-state index contributed by atoms with van der Waals surface area (Å²) in [5.41, 5.74) is 2.94. The molecule has 5 heteroatoms. The van der Waals surface area contributed by atoms with E-state index in [4.69, 9.17) is 0 Å². The lowest BCUT2D eigenvalue weighted by Gasteiger charge is -2.05. The van der Waals surface area contributed by atoms with Crippen molar-refractivity contribution in [2.24, 2.45) is 0 Å². The summed E-state index contributed by atoms with van der Waals surface area (Å²) in [5.74, 6) is -0.200. The number of fused-ring (bicyclic) bond motifs is 1. The predicted molar refractivity (Wildman–Crippen MR) is 78.8 cm³/mol. The number of aromatic nitrogens is 1. The standard InChI is InChI=1S/C16H15N3O2/c20-14(18-12-4-2-1-3-5-12)9-8-13-7-6-11-10-17-16(21)15(11)19-13/h1-7H,8-10H2,(H,17,21)(H,18,20). The zero-order chi connectivity index (χ0) is 14.7. The number of hydrogen-bond acceptors (Lipinski definition) is 3. The zero-order valence-corrected chi connectivity index (χ0v) is 11.4. The molecule has 0 fully saturated rings. The summed E-state index contributed by atoms with van der Waals surface area (Å²) in [6.45, 7) is 0.538. The van der Waals surface area contributed by atoms with Crippen LogP contribution in [0.1, 0.15) is 28.2 Å². The Balaban J connectivity index is 1.59. The molecule has 21 heavy (non-hydrogen) atoms. The van der Waals surface area contributed by atoms with E-state index in [2.05, 4.69) is 15.6 Å². The number of rotatable bonds is 4. The highest BCUT2D eigenvalue weighted by atomic mass is 16.2. The van der Waals surface area contributed by atoms with Gasteiger partial charge in [-0.25, -0.2) is 4.98 Å². The summed E-state index contributed by atoms with van der Waals surface area (Å²) in [4.78, 5) is 27.7. The summed E-state index contributed by atoms with van der Waals surface area (Å²) >= 11 is 0. The molecule has 0 atom stereocenters. The summed E-state index contributed by atoms with van der Waals surface area (Å²) in [5, 5.41) is 5.56. The van der Waals surface area contributed by atoms with Crippen molar-refractivity contribution in [1.82, 2.24) is 10.3 Å². The molecule has 0 saturated heterocycles. The molecule has 106 valence electrons. The average Bonchev–Trinajstić information content (AvgIpc) is 2.87. The van der Waals surface area contributed by atoms with Crippen molar-refractivity contribution < 1.29 is 9.59 Å². The first-order valence-electron chi connectivity index (χ1n) is 6.84. The van der Waals surface area contributed by atoms with Crippen LogP contribution in [-0.2, 0) is 17.8 Å². The van der Waals surface area contributed by atoms with Gasteiger partial charge in [0.15, 0.2) is 0 Å². The van der Waals surface area contributed by atoms with Gasteiger partial charge in [0.05, 0.1) is 0 Å². The second-order valence-electron chi connectivity index (χ2n) is 4.91. The Morgan fingerprint density at radius 3 is 2.81 bits per heavy atom. The van der Waals surface area contributed by atoms with Gasteiger partial charge in [-0.05, 0) is 24.6 Å². The molecule has 1 aliphatic heterocycles. The second-order valence-corrected chi connectivity index (χ2v) is 4.91. The highest BCUT2D eigenvalue weighted by Crippen LogP contribution is 2.14. The number of anilines is 1. The van der Waals surface area contributed by atoms with E-state index in [0.29, 0.717) is 25.1 Å². The number of amides is 2. The van der Waals surface area contributed by atoms with Gasteiger partial charge in [-0.3, -0.25) is 9.59 Å². The molecule has 0 radical (unpaired) electrons. The van der Waals surface area contributed by atoms with Gasteiger partial charge in [-0.2, -0.15) is 0 Å². The third-order valence-corrected chi connectivity index (χ3v) is 3.36. The Morgan fingerprint density at radius 1 is 1.19 bits per heavy atom. The largest absolute Gasteiger partial charge is 0.347 e. The molecule has 2 heterocycles. The molecule has 3 rings (SSSR count). The minimum Gasteiger partial charge on any atom is -0.347 e. The van der Waals surface area contributed by atoms with Gasteiger partial charge in [0, 0.05) is 29.9 Å². The minimum atomic E-state index is -0.138. The van der Waals surface area contributed by atoms with Crippen molar-refractivity contribution >= 4 is 17.5 Å². The van der Waals surface area contributed by atoms with Crippen molar-refractivity contribution in [1.29, 1.82) is 0 Å². The Morgan fingerprint density at radius 2 is 2.00 bits per heavy atom. The first kappa shape index (κ1) is 13.3. The van der Waals surface area contributed by atoms with Gasteiger partial charge < -0.3 is 10.6 Å². The van der Waals surface area contributed by atoms with E-state index in [1.165, 1.54) is 0 Å². The molecule has 2 amide bonds. The number of para-hydroxylation sites is 1. The van der Waals surface area contributed by atoms with Crippen LogP contribution in [0.25, 0.3) is 0 Å². The molecule has 0 bridgehead atoms. The van der Waals surface area contributed by atoms with E-state index in [0.717, 1.165) is 16.9 Å². The first-order chi connectivity index (χ1) is 10.2. The molecule has 1 aromatic heterocycles. The highest BCUT2D eigenvalue weighted by molar-refractivity contribution is 5.96. The fourth-order valence-electron chi connectivity index (χ4n) is 2.25. The minimum absolute atomic E-state index is 0.0621. The van der Waals surface area contributed by atoms with E-state index >= 15 is 0 Å². The van der Waals surface area contributed by atoms with E-state index in [-0.39, 0.29) is 11.8 Å². The van der Waals surface area contributed by atoms with E-state index < -0.39 is 0 Å². The predicted octanol–water partition coefficient (Wildman–Crippen LogP) is 1.90. The molecule has 0 saturated carbocycles. The van der Waals surface area contributed by atoms with Crippen LogP contribution in [0.4, 0.5) is 5.69 Å². The smallest absolute Gasteiger partial charge is 0.270 e.